The Balaban J connectivity index is 3.00. The van der Waals surface area contributed by atoms with Crippen LogP contribution in [0.4, 0.5) is 0 Å². The third kappa shape index (κ3) is 5.02. The van der Waals surface area contributed by atoms with Crippen molar-refractivity contribution in [1.29, 1.82) is 0 Å². The molecule has 3 heteroatoms. The van der Waals surface area contributed by atoms with Gasteiger partial charge in [-0.25, -0.2) is 0 Å². The van der Waals surface area contributed by atoms with Crippen molar-refractivity contribution in [2.24, 2.45) is 5.92 Å². The zero-order chi connectivity index (χ0) is 14.8. The Hall–Kier alpha value is -0.180. The van der Waals surface area contributed by atoms with E-state index in [0.717, 1.165) is 16.1 Å². The summed E-state index contributed by atoms with van der Waals surface area (Å²) in [5, 5.41) is 0.884. The summed E-state index contributed by atoms with van der Waals surface area (Å²) in [6.45, 7) is 15.3. The summed E-state index contributed by atoms with van der Waals surface area (Å²) in [6, 6.07) is 4.76. The van der Waals surface area contributed by atoms with Gasteiger partial charge >= 0.3 is 0 Å². The van der Waals surface area contributed by atoms with Crippen molar-refractivity contribution in [2.75, 3.05) is 0 Å². The molecular formula is C16H26ClNS. The van der Waals surface area contributed by atoms with Gasteiger partial charge in [0.15, 0.2) is 0 Å². The Kier molecular flexibility index (Phi) is 5.78. The minimum Gasteiger partial charge on any atom is -0.256 e. The molecule has 0 aromatic heterocycles. The van der Waals surface area contributed by atoms with Gasteiger partial charge in [0.2, 0.25) is 0 Å². The minimum atomic E-state index is 0.212. The van der Waals surface area contributed by atoms with E-state index in [9.17, 15) is 0 Å². The Morgan fingerprint density at radius 3 is 1.95 bits per heavy atom. The van der Waals surface area contributed by atoms with Crippen LogP contribution >= 0.6 is 23.5 Å². The molecule has 0 aliphatic carbocycles. The summed E-state index contributed by atoms with van der Waals surface area (Å²) < 4.78 is 3.83. The van der Waals surface area contributed by atoms with Gasteiger partial charge in [0, 0.05) is 15.8 Å². The molecule has 19 heavy (non-hydrogen) atoms. The van der Waals surface area contributed by atoms with E-state index in [1.54, 1.807) is 11.9 Å². The van der Waals surface area contributed by atoms with Gasteiger partial charge in [-0.05, 0) is 57.2 Å². The summed E-state index contributed by atoms with van der Waals surface area (Å²) in [5.41, 5.74) is 3.64. The number of halogens is 1. The molecule has 0 fully saturated rings. The Bertz CT molecular complexity index is 412. The molecule has 1 unspecified atom stereocenters. The minimum absolute atomic E-state index is 0.212. The van der Waals surface area contributed by atoms with E-state index in [-0.39, 0.29) is 4.75 Å². The van der Waals surface area contributed by atoms with Gasteiger partial charge in [0.25, 0.3) is 0 Å². The molecule has 0 heterocycles. The third-order valence-electron chi connectivity index (χ3n) is 2.98. The second kappa shape index (κ2) is 6.51. The zero-order valence-corrected chi connectivity index (χ0v) is 14.7. The van der Waals surface area contributed by atoms with Crippen molar-refractivity contribution >= 4 is 23.5 Å². The highest BCUT2D eigenvalue weighted by atomic mass is 35.5. The fourth-order valence-corrected chi connectivity index (χ4v) is 2.99. The van der Waals surface area contributed by atoms with E-state index in [0.29, 0.717) is 12.0 Å². The van der Waals surface area contributed by atoms with E-state index in [2.05, 4.69) is 65.3 Å². The molecule has 1 aromatic rings. The maximum atomic E-state index is 6.26. The Morgan fingerprint density at radius 1 is 1.11 bits per heavy atom. The van der Waals surface area contributed by atoms with Crippen LogP contribution in [-0.2, 0) is 0 Å². The van der Waals surface area contributed by atoms with Crippen LogP contribution in [0.2, 0.25) is 5.02 Å². The van der Waals surface area contributed by atoms with E-state index in [1.807, 2.05) is 0 Å². The molecule has 0 aliphatic heterocycles. The van der Waals surface area contributed by atoms with Crippen molar-refractivity contribution in [3.63, 3.8) is 0 Å². The SMILES string of the molecule is Cc1cc(C(NSC(C)(C)C)C(C)C)cc(C)c1Cl. The van der Waals surface area contributed by atoms with E-state index in [4.69, 9.17) is 11.6 Å². The van der Waals surface area contributed by atoms with E-state index < -0.39 is 0 Å². The van der Waals surface area contributed by atoms with Crippen LogP contribution in [0.15, 0.2) is 12.1 Å². The first-order chi connectivity index (χ1) is 8.61. The van der Waals surface area contributed by atoms with Gasteiger partial charge in [0.1, 0.15) is 0 Å². The van der Waals surface area contributed by atoms with Crippen LogP contribution in [-0.4, -0.2) is 4.75 Å². The van der Waals surface area contributed by atoms with E-state index >= 15 is 0 Å². The van der Waals surface area contributed by atoms with Crippen LogP contribution < -0.4 is 4.72 Å². The Morgan fingerprint density at radius 2 is 1.58 bits per heavy atom. The van der Waals surface area contributed by atoms with Crippen LogP contribution in [0.3, 0.4) is 0 Å². The van der Waals surface area contributed by atoms with E-state index in [1.165, 1.54) is 5.56 Å². The molecular weight excluding hydrogens is 274 g/mol. The summed E-state index contributed by atoms with van der Waals surface area (Å²) in [4.78, 5) is 0. The number of aryl methyl sites for hydroxylation is 2. The summed E-state index contributed by atoms with van der Waals surface area (Å²) in [7, 11) is 0. The van der Waals surface area contributed by atoms with Gasteiger partial charge in [-0.15, -0.1) is 0 Å². The quantitative estimate of drug-likeness (QED) is 0.717. The highest BCUT2D eigenvalue weighted by molar-refractivity contribution is 7.98. The molecule has 1 nitrogen and oxygen atoms in total. The van der Waals surface area contributed by atoms with Crippen molar-refractivity contribution in [1.82, 2.24) is 4.72 Å². The van der Waals surface area contributed by atoms with Crippen LogP contribution in [0.5, 0.6) is 0 Å². The lowest BCUT2D eigenvalue weighted by molar-refractivity contribution is 0.484. The lowest BCUT2D eigenvalue weighted by Crippen LogP contribution is -2.25. The maximum Gasteiger partial charge on any atom is 0.0464 e. The fourth-order valence-electron chi connectivity index (χ4n) is 1.99. The average Bonchev–Trinajstić information content (AvgIpc) is 2.23. The van der Waals surface area contributed by atoms with Gasteiger partial charge < -0.3 is 0 Å². The molecule has 0 radical (unpaired) electrons. The number of hydrogen-bond donors (Lipinski definition) is 1. The number of hydrogen-bond acceptors (Lipinski definition) is 2. The lowest BCUT2D eigenvalue weighted by Gasteiger charge is -2.27. The molecule has 0 amide bonds. The number of nitrogens with one attached hydrogen (secondary N) is 1. The molecule has 108 valence electrons. The molecule has 1 aromatic carbocycles. The monoisotopic (exact) mass is 299 g/mol. The van der Waals surface area contributed by atoms with Crippen molar-refractivity contribution in [2.45, 2.75) is 59.3 Å². The summed E-state index contributed by atoms with van der Waals surface area (Å²) in [5.74, 6) is 0.537. The Labute approximate surface area is 127 Å². The van der Waals surface area contributed by atoms with Crippen LogP contribution in [0.1, 0.15) is 57.4 Å². The first-order valence-electron chi connectivity index (χ1n) is 6.82. The topological polar surface area (TPSA) is 12.0 Å². The van der Waals surface area contributed by atoms with Crippen LogP contribution in [0, 0.1) is 19.8 Å². The summed E-state index contributed by atoms with van der Waals surface area (Å²) >= 11 is 8.06. The van der Waals surface area contributed by atoms with Gasteiger partial charge in [-0.1, -0.05) is 49.5 Å². The number of rotatable bonds is 4. The zero-order valence-electron chi connectivity index (χ0n) is 13.1. The smallest absolute Gasteiger partial charge is 0.0464 e. The molecule has 0 spiro atoms. The van der Waals surface area contributed by atoms with Crippen molar-refractivity contribution < 1.29 is 0 Å². The highest BCUT2D eigenvalue weighted by Gasteiger charge is 2.20. The molecule has 0 saturated heterocycles. The lowest BCUT2D eigenvalue weighted by atomic mass is 9.94. The fraction of sp³-hybridized carbons (Fsp3) is 0.625. The first kappa shape index (κ1) is 16.9. The largest absolute Gasteiger partial charge is 0.256 e. The standard InChI is InChI=1S/C16H26ClNS/c1-10(2)15(18-19-16(5,6)7)13-8-11(3)14(17)12(4)9-13/h8-10,15,18H,1-7H3. The molecule has 1 N–H and O–H groups in total. The molecule has 1 rings (SSSR count). The molecule has 0 aliphatic rings. The molecule has 0 saturated carbocycles. The predicted molar refractivity (Wildman–Crippen MR) is 89.0 cm³/mol. The third-order valence-corrected chi connectivity index (χ3v) is 4.56. The van der Waals surface area contributed by atoms with Gasteiger partial charge in [-0.3, -0.25) is 4.72 Å². The maximum absolute atomic E-state index is 6.26. The highest BCUT2D eigenvalue weighted by Crippen LogP contribution is 2.32. The second-order valence-electron chi connectivity index (χ2n) is 6.52. The average molecular weight is 300 g/mol. The second-order valence-corrected chi connectivity index (χ2v) is 8.57. The molecule has 0 bridgehead atoms. The predicted octanol–water partition coefficient (Wildman–Crippen LogP) is 5.69. The van der Waals surface area contributed by atoms with Crippen LogP contribution in [0.25, 0.3) is 0 Å². The van der Waals surface area contributed by atoms with Crippen molar-refractivity contribution in [3.05, 3.63) is 33.8 Å². The first-order valence-corrected chi connectivity index (χ1v) is 8.01. The number of benzene rings is 1. The molecule has 1 atom stereocenters. The van der Waals surface area contributed by atoms with Gasteiger partial charge in [0.05, 0.1) is 0 Å². The van der Waals surface area contributed by atoms with Crippen molar-refractivity contribution in [3.8, 4) is 0 Å². The summed E-state index contributed by atoms with van der Waals surface area (Å²) in [6.07, 6.45) is 0. The van der Waals surface area contributed by atoms with Gasteiger partial charge in [-0.2, -0.15) is 0 Å². The normalized spacial score (nSPS) is 13.9.